The highest BCUT2D eigenvalue weighted by Gasteiger charge is 2.59. The number of hydrogen-bond acceptors (Lipinski definition) is 3. The molecule has 2 aliphatic carbocycles. The average molecular weight is 238 g/mol. The zero-order chi connectivity index (χ0) is 12.0. The topological polar surface area (TPSA) is 43.8 Å². The summed E-state index contributed by atoms with van der Waals surface area (Å²) in [4.78, 5) is 16.4. The van der Waals surface area contributed by atoms with Gasteiger partial charge in [0.25, 0.3) is 0 Å². The van der Waals surface area contributed by atoms with Crippen molar-refractivity contribution in [2.45, 2.75) is 31.2 Å². The number of aliphatic carboxylic acids is 1. The number of nitrogens with zero attached hydrogens (tertiary/aromatic N) is 2. The van der Waals surface area contributed by atoms with Crippen LogP contribution in [0.25, 0.3) is 0 Å². The lowest BCUT2D eigenvalue weighted by Crippen LogP contribution is -2.62. The molecule has 0 amide bonds. The maximum atomic E-state index is 11.8. The smallest absolute Gasteiger partial charge is 0.324 e. The number of rotatable bonds is 2. The molecule has 3 atom stereocenters. The molecular weight excluding hydrogens is 216 g/mol. The molecule has 3 unspecified atom stereocenters. The normalized spacial score (nSPS) is 43.1. The predicted molar refractivity (Wildman–Crippen MR) is 64.9 cm³/mol. The highest BCUT2D eigenvalue weighted by atomic mass is 16.4. The monoisotopic (exact) mass is 238 g/mol. The van der Waals surface area contributed by atoms with Crippen molar-refractivity contribution in [3.63, 3.8) is 0 Å². The minimum Gasteiger partial charge on any atom is -0.480 e. The molecule has 1 heterocycles. The lowest BCUT2D eigenvalue weighted by atomic mass is 9.79. The Bertz CT molecular complexity index is 325. The highest BCUT2D eigenvalue weighted by Crippen LogP contribution is 2.53. The van der Waals surface area contributed by atoms with E-state index in [2.05, 4.69) is 16.8 Å². The van der Waals surface area contributed by atoms with E-state index in [1.54, 1.807) is 0 Å². The van der Waals surface area contributed by atoms with Gasteiger partial charge in [-0.3, -0.25) is 9.69 Å². The molecular formula is C13H22N2O2. The van der Waals surface area contributed by atoms with Gasteiger partial charge in [0, 0.05) is 26.2 Å². The van der Waals surface area contributed by atoms with Crippen molar-refractivity contribution in [2.75, 3.05) is 33.2 Å². The maximum Gasteiger partial charge on any atom is 0.324 e. The fraction of sp³-hybridized carbons (Fsp3) is 0.923. The van der Waals surface area contributed by atoms with Gasteiger partial charge in [-0.15, -0.1) is 0 Å². The number of hydrogen-bond donors (Lipinski definition) is 1. The number of likely N-dealkylation sites (N-methyl/N-ethyl adjacent to an activating group) is 1. The second kappa shape index (κ2) is 3.95. The third-order valence-corrected chi connectivity index (χ3v) is 5.25. The Labute approximate surface area is 103 Å². The molecule has 17 heavy (non-hydrogen) atoms. The summed E-state index contributed by atoms with van der Waals surface area (Å²) in [6.07, 6.45) is 4.44. The van der Waals surface area contributed by atoms with Crippen LogP contribution in [0.4, 0.5) is 0 Å². The maximum absolute atomic E-state index is 11.8. The van der Waals surface area contributed by atoms with E-state index in [4.69, 9.17) is 0 Å². The first-order valence-electron chi connectivity index (χ1n) is 6.80. The largest absolute Gasteiger partial charge is 0.480 e. The molecule has 0 spiro atoms. The van der Waals surface area contributed by atoms with Crippen LogP contribution in [-0.2, 0) is 4.79 Å². The molecule has 1 aliphatic heterocycles. The molecule has 1 N–H and O–H groups in total. The van der Waals surface area contributed by atoms with Crippen LogP contribution >= 0.6 is 0 Å². The first kappa shape index (κ1) is 11.5. The molecule has 2 saturated carbocycles. The standard InChI is InChI=1S/C13H22N2O2/c1-14-4-6-15(7-5-14)13(12(16)17)9-10-2-3-11(13)8-10/h10-11H,2-9H2,1H3,(H,16,17). The van der Waals surface area contributed by atoms with Gasteiger partial charge in [0.2, 0.25) is 0 Å². The van der Waals surface area contributed by atoms with Crippen molar-refractivity contribution in [3.05, 3.63) is 0 Å². The van der Waals surface area contributed by atoms with Crippen molar-refractivity contribution in [3.8, 4) is 0 Å². The van der Waals surface area contributed by atoms with Crippen LogP contribution in [0.5, 0.6) is 0 Å². The molecule has 1 saturated heterocycles. The van der Waals surface area contributed by atoms with E-state index in [1.165, 1.54) is 6.42 Å². The van der Waals surface area contributed by atoms with E-state index in [-0.39, 0.29) is 0 Å². The molecule has 0 aromatic rings. The Morgan fingerprint density at radius 1 is 1.24 bits per heavy atom. The summed E-state index contributed by atoms with van der Waals surface area (Å²) in [6.45, 7) is 3.86. The number of carboxylic acids is 1. The molecule has 4 heteroatoms. The molecule has 2 bridgehead atoms. The summed E-state index contributed by atoms with van der Waals surface area (Å²) >= 11 is 0. The zero-order valence-electron chi connectivity index (χ0n) is 10.6. The number of carboxylic acid groups (broad SMARTS) is 1. The van der Waals surface area contributed by atoms with Crippen LogP contribution in [0.1, 0.15) is 25.7 Å². The van der Waals surface area contributed by atoms with E-state index in [1.807, 2.05) is 0 Å². The van der Waals surface area contributed by atoms with Crippen LogP contribution in [0.3, 0.4) is 0 Å². The van der Waals surface area contributed by atoms with E-state index < -0.39 is 11.5 Å². The Hall–Kier alpha value is -0.610. The van der Waals surface area contributed by atoms with Crippen molar-refractivity contribution < 1.29 is 9.90 Å². The SMILES string of the molecule is CN1CCN(C2(C(=O)O)CC3CCC2C3)CC1. The molecule has 3 aliphatic rings. The van der Waals surface area contributed by atoms with Gasteiger partial charge < -0.3 is 10.0 Å². The van der Waals surface area contributed by atoms with Gasteiger partial charge in [0.05, 0.1) is 0 Å². The number of fused-ring (bicyclic) bond motifs is 2. The summed E-state index contributed by atoms with van der Waals surface area (Å²) in [5.41, 5.74) is -0.510. The van der Waals surface area contributed by atoms with Gasteiger partial charge in [0.15, 0.2) is 0 Å². The molecule has 4 nitrogen and oxygen atoms in total. The summed E-state index contributed by atoms with van der Waals surface area (Å²) in [5.74, 6) is 0.526. The Morgan fingerprint density at radius 3 is 2.41 bits per heavy atom. The molecule has 3 fully saturated rings. The van der Waals surface area contributed by atoms with Crippen LogP contribution in [0, 0.1) is 11.8 Å². The predicted octanol–water partition coefficient (Wildman–Crippen LogP) is 0.877. The summed E-state index contributed by atoms with van der Waals surface area (Å²) in [7, 11) is 2.12. The number of carbonyl (C=O) groups is 1. The van der Waals surface area contributed by atoms with Gasteiger partial charge >= 0.3 is 5.97 Å². The first-order chi connectivity index (χ1) is 8.13. The summed E-state index contributed by atoms with van der Waals surface area (Å²) in [6, 6.07) is 0. The number of piperazine rings is 1. The Morgan fingerprint density at radius 2 is 1.94 bits per heavy atom. The molecule has 0 aromatic heterocycles. The second-order valence-electron chi connectivity index (χ2n) is 6.10. The quantitative estimate of drug-likeness (QED) is 0.775. The van der Waals surface area contributed by atoms with Gasteiger partial charge in [-0.1, -0.05) is 6.42 Å². The molecule has 96 valence electrons. The fourth-order valence-corrected chi connectivity index (χ4v) is 4.29. The van der Waals surface area contributed by atoms with E-state index in [0.717, 1.165) is 45.4 Å². The van der Waals surface area contributed by atoms with Gasteiger partial charge in [0.1, 0.15) is 5.54 Å². The van der Waals surface area contributed by atoms with Crippen molar-refractivity contribution >= 4 is 5.97 Å². The van der Waals surface area contributed by atoms with Crippen LogP contribution in [0.15, 0.2) is 0 Å². The zero-order valence-corrected chi connectivity index (χ0v) is 10.6. The third kappa shape index (κ3) is 1.61. The van der Waals surface area contributed by atoms with Crippen molar-refractivity contribution in [1.82, 2.24) is 9.80 Å². The molecule has 0 aromatic carbocycles. The van der Waals surface area contributed by atoms with Crippen molar-refractivity contribution in [1.29, 1.82) is 0 Å². The fourth-order valence-electron chi connectivity index (χ4n) is 4.29. The summed E-state index contributed by atoms with van der Waals surface area (Å²) < 4.78 is 0. The van der Waals surface area contributed by atoms with Gasteiger partial charge in [-0.25, -0.2) is 0 Å². The van der Waals surface area contributed by atoms with Crippen LogP contribution in [-0.4, -0.2) is 59.6 Å². The van der Waals surface area contributed by atoms with Crippen molar-refractivity contribution in [2.24, 2.45) is 11.8 Å². The molecule has 3 rings (SSSR count). The molecule has 0 radical (unpaired) electrons. The highest BCUT2D eigenvalue weighted by molar-refractivity contribution is 5.80. The second-order valence-corrected chi connectivity index (χ2v) is 6.10. The van der Waals surface area contributed by atoms with Gasteiger partial charge in [-0.05, 0) is 38.1 Å². The minimum atomic E-state index is -0.561. The first-order valence-corrected chi connectivity index (χ1v) is 6.80. The van der Waals surface area contributed by atoms with E-state index in [0.29, 0.717) is 11.8 Å². The minimum absolute atomic E-state index is 0.411. The lowest BCUT2D eigenvalue weighted by molar-refractivity contribution is -0.157. The Kier molecular flexibility index (Phi) is 2.67. The summed E-state index contributed by atoms with van der Waals surface area (Å²) in [5, 5.41) is 9.75. The lowest BCUT2D eigenvalue weighted by Gasteiger charge is -2.46. The van der Waals surface area contributed by atoms with Gasteiger partial charge in [-0.2, -0.15) is 0 Å². The van der Waals surface area contributed by atoms with Crippen LogP contribution in [0.2, 0.25) is 0 Å². The van der Waals surface area contributed by atoms with E-state index >= 15 is 0 Å². The average Bonchev–Trinajstić information content (AvgIpc) is 2.90. The third-order valence-electron chi connectivity index (χ3n) is 5.25. The van der Waals surface area contributed by atoms with Crippen LogP contribution < -0.4 is 0 Å². The Balaban J connectivity index is 1.83. The van der Waals surface area contributed by atoms with E-state index in [9.17, 15) is 9.90 Å².